The Morgan fingerprint density at radius 1 is 0.929 bits per heavy atom. The zero-order chi connectivity index (χ0) is 19.7. The summed E-state index contributed by atoms with van der Waals surface area (Å²) in [6, 6.07) is 20.7. The summed E-state index contributed by atoms with van der Waals surface area (Å²) in [5.41, 5.74) is 1.88. The fraction of sp³-hybridized carbons (Fsp3) is 0.0952. The number of nitrogens with zero attached hydrogens (tertiary/aromatic N) is 1. The van der Waals surface area contributed by atoms with E-state index in [-0.39, 0.29) is 17.2 Å². The van der Waals surface area contributed by atoms with E-state index in [4.69, 9.17) is 4.74 Å². The van der Waals surface area contributed by atoms with E-state index in [0.29, 0.717) is 22.7 Å². The summed E-state index contributed by atoms with van der Waals surface area (Å²) in [7, 11) is -2.08. The van der Waals surface area contributed by atoms with Crippen LogP contribution in [0.2, 0.25) is 0 Å². The van der Waals surface area contributed by atoms with Crippen LogP contribution in [-0.4, -0.2) is 21.4 Å². The van der Waals surface area contributed by atoms with Crippen molar-refractivity contribution in [1.82, 2.24) is 0 Å². The number of amides is 1. The molecule has 0 aromatic heterocycles. The third-order valence-corrected chi connectivity index (χ3v) is 5.90. The molecule has 1 amide bonds. The number of fused-ring (bicyclic) bond motifs is 1. The summed E-state index contributed by atoms with van der Waals surface area (Å²) in [6.45, 7) is 0. The Morgan fingerprint density at radius 3 is 2.32 bits per heavy atom. The van der Waals surface area contributed by atoms with Crippen molar-refractivity contribution in [3.05, 3.63) is 78.4 Å². The molecule has 1 aliphatic heterocycles. The summed E-state index contributed by atoms with van der Waals surface area (Å²) in [5.74, 6) is 1.26. The fourth-order valence-electron chi connectivity index (χ4n) is 3.04. The van der Waals surface area contributed by atoms with Crippen molar-refractivity contribution < 1.29 is 17.9 Å². The molecule has 4 rings (SSSR count). The van der Waals surface area contributed by atoms with Crippen LogP contribution in [0.15, 0.2) is 77.7 Å². The molecule has 0 fully saturated rings. The second kappa shape index (κ2) is 7.01. The molecule has 0 spiro atoms. The lowest BCUT2D eigenvalue weighted by atomic mass is 10.2. The van der Waals surface area contributed by atoms with Gasteiger partial charge in [0.25, 0.3) is 10.0 Å². The Bertz CT molecular complexity index is 1130. The molecule has 0 saturated heterocycles. The number of benzene rings is 3. The van der Waals surface area contributed by atoms with E-state index < -0.39 is 10.0 Å². The first kappa shape index (κ1) is 18.1. The fourth-order valence-corrected chi connectivity index (χ4v) is 4.15. The van der Waals surface area contributed by atoms with Crippen molar-refractivity contribution in [1.29, 1.82) is 0 Å². The lowest BCUT2D eigenvalue weighted by molar-refractivity contribution is -0.117. The van der Waals surface area contributed by atoms with Gasteiger partial charge in [0, 0.05) is 18.4 Å². The molecule has 3 aromatic carbocycles. The number of rotatable bonds is 5. The molecule has 1 aliphatic rings. The van der Waals surface area contributed by atoms with E-state index in [1.54, 1.807) is 43.4 Å². The van der Waals surface area contributed by atoms with Crippen molar-refractivity contribution >= 4 is 27.3 Å². The first-order chi connectivity index (χ1) is 13.4. The molecule has 0 radical (unpaired) electrons. The topological polar surface area (TPSA) is 75.7 Å². The number of hydrogen-bond donors (Lipinski definition) is 1. The SMILES string of the molecule is CN1C(=O)Cc2cc(S(=O)(=O)Nc3ccc(Oc4ccccc4)cc3)ccc21. The van der Waals surface area contributed by atoms with Gasteiger partial charge in [0.2, 0.25) is 5.91 Å². The maximum Gasteiger partial charge on any atom is 0.261 e. The van der Waals surface area contributed by atoms with Gasteiger partial charge in [-0.1, -0.05) is 18.2 Å². The highest BCUT2D eigenvalue weighted by Gasteiger charge is 2.26. The van der Waals surface area contributed by atoms with E-state index in [0.717, 1.165) is 5.69 Å². The predicted molar refractivity (Wildman–Crippen MR) is 107 cm³/mol. The molecular weight excluding hydrogens is 376 g/mol. The number of anilines is 2. The number of likely N-dealkylation sites (N-methyl/N-ethyl adjacent to an activating group) is 1. The first-order valence-electron chi connectivity index (χ1n) is 8.68. The second-order valence-corrected chi connectivity index (χ2v) is 8.15. The number of nitrogens with one attached hydrogen (secondary N) is 1. The number of hydrogen-bond acceptors (Lipinski definition) is 4. The molecule has 28 heavy (non-hydrogen) atoms. The number of carbonyl (C=O) groups excluding carboxylic acids is 1. The molecular formula is C21H18N2O4S. The van der Waals surface area contributed by atoms with E-state index in [9.17, 15) is 13.2 Å². The molecule has 0 bridgehead atoms. The van der Waals surface area contributed by atoms with Crippen molar-refractivity contribution in [3.8, 4) is 11.5 Å². The zero-order valence-electron chi connectivity index (χ0n) is 15.1. The number of sulfonamides is 1. The molecule has 142 valence electrons. The van der Waals surface area contributed by atoms with Crippen LogP contribution in [-0.2, 0) is 21.2 Å². The standard InChI is InChI=1S/C21H18N2O4S/c1-23-20-12-11-19(13-15(20)14-21(23)24)28(25,26)22-16-7-9-18(10-8-16)27-17-5-3-2-4-6-17/h2-13,22H,14H2,1H3. The largest absolute Gasteiger partial charge is 0.457 e. The molecule has 3 aromatic rings. The second-order valence-electron chi connectivity index (χ2n) is 6.47. The summed E-state index contributed by atoms with van der Waals surface area (Å²) < 4.78 is 33.7. The highest BCUT2D eigenvalue weighted by atomic mass is 32.2. The van der Waals surface area contributed by atoms with Crippen LogP contribution >= 0.6 is 0 Å². The van der Waals surface area contributed by atoms with E-state index in [2.05, 4.69) is 4.72 Å². The Morgan fingerprint density at radius 2 is 1.61 bits per heavy atom. The maximum absolute atomic E-state index is 12.7. The van der Waals surface area contributed by atoms with Crippen LogP contribution in [0.1, 0.15) is 5.56 Å². The Labute approximate surface area is 163 Å². The van der Waals surface area contributed by atoms with Crippen LogP contribution in [0.4, 0.5) is 11.4 Å². The van der Waals surface area contributed by atoms with E-state index in [1.807, 2.05) is 30.3 Å². The van der Waals surface area contributed by atoms with Gasteiger partial charge < -0.3 is 9.64 Å². The van der Waals surface area contributed by atoms with Crippen LogP contribution < -0.4 is 14.4 Å². The highest BCUT2D eigenvalue weighted by molar-refractivity contribution is 7.92. The molecule has 0 atom stereocenters. The van der Waals surface area contributed by atoms with Gasteiger partial charge in [-0.05, 0) is 60.2 Å². The van der Waals surface area contributed by atoms with Crippen LogP contribution in [0.25, 0.3) is 0 Å². The van der Waals surface area contributed by atoms with Crippen LogP contribution in [0.3, 0.4) is 0 Å². The third-order valence-electron chi connectivity index (χ3n) is 4.52. The smallest absolute Gasteiger partial charge is 0.261 e. The number of ether oxygens (including phenoxy) is 1. The molecule has 7 heteroatoms. The van der Waals surface area contributed by atoms with E-state index in [1.165, 1.54) is 11.0 Å². The first-order valence-corrected chi connectivity index (χ1v) is 10.2. The summed E-state index contributed by atoms with van der Waals surface area (Å²) in [4.78, 5) is 13.5. The summed E-state index contributed by atoms with van der Waals surface area (Å²) >= 11 is 0. The van der Waals surface area contributed by atoms with Crippen molar-refractivity contribution in [2.24, 2.45) is 0 Å². The molecule has 0 unspecified atom stereocenters. The van der Waals surface area contributed by atoms with Crippen LogP contribution in [0.5, 0.6) is 11.5 Å². The van der Waals surface area contributed by atoms with Gasteiger partial charge in [0.05, 0.1) is 11.3 Å². The van der Waals surface area contributed by atoms with Crippen molar-refractivity contribution in [2.75, 3.05) is 16.7 Å². The lowest BCUT2D eigenvalue weighted by Gasteiger charge is -2.12. The zero-order valence-corrected chi connectivity index (χ0v) is 15.9. The molecule has 0 saturated carbocycles. The van der Waals surface area contributed by atoms with Gasteiger partial charge >= 0.3 is 0 Å². The minimum atomic E-state index is -3.76. The van der Waals surface area contributed by atoms with Crippen molar-refractivity contribution in [2.45, 2.75) is 11.3 Å². The average Bonchev–Trinajstić information content (AvgIpc) is 2.97. The molecule has 1 heterocycles. The van der Waals surface area contributed by atoms with Crippen molar-refractivity contribution in [3.63, 3.8) is 0 Å². The van der Waals surface area contributed by atoms with Gasteiger partial charge in [-0.2, -0.15) is 0 Å². The van der Waals surface area contributed by atoms with Gasteiger partial charge in [-0.25, -0.2) is 8.42 Å². The predicted octanol–water partition coefficient (Wildman–Crippen LogP) is 3.80. The highest BCUT2D eigenvalue weighted by Crippen LogP contribution is 2.30. The Balaban J connectivity index is 1.51. The Kier molecular flexibility index (Phi) is 4.52. The molecule has 6 nitrogen and oxygen atoms in total. The molecule has 1 N–H and O–H groups in total. The van der Waals surface area contributed by atoms with Gasteiger partial charge in [0.1, 0.15) is 11.5 Å². The summed E-state index contributed by atoms with van der Waals surface area (Å²) in [6.07, 6.45) is 0.209. The maximum atomic E-state index is 12.7. The van der Waals surface area contributed by atoms with E-state index >= 15 is 0 Å². The summed E-state index contributed by atoms with van der Waals surface area (Å²) in [5, 5.41) is 0. The van der Waals surface area contributed by atoms with Gasteiger partial charge in [-0.3, -0.25) is 9.52 Å². The average molecular weight is 394 g/mol. The van der Waals surface area contributed by atoms with Gasteiger partial charge in [-0.15, -0.1) is 0 Å². The quantitative estimate of drug-likeness (QED) is 0.714. The molecule has 0 aliphatic carbocycles. The minimum Gasteiger partial charge on any atom is -0.457 e. The third kappa shape index (κ3) is 3.57. The monoisotopic (exact) mass is 394 g/mol. The van der Waals surface area contributed by atoms with Crippen LogP contribution in [0, 0.1) is 0 Å². The number of carbonyl (C=O) groups is 1. The Hall–Kier alpha value is -3.32. The normalized spacial score (nSPS) is 13.3. The number of para-hydroxylation sites is 1. The minimum absolute atomic E-state index is 0.0495. The van der Waals surface area contributed by atoms with Gasteiger partial charge in [0.15, 0.2) is 0 Å². The lowest BCUT2D eigenvalue weighted by Crippen LogP contribution is -2.20.